The lowest BCUT2D eigenvalue weighted by atomic mass is 10.0. The number of rotatable bonds is 68. The minimum Gasteiger partial charge on any atom is -0.462 e. The molecule has 0 radical (unpaired) electrons. The lowest BCUT2D eigenvalue weighted by molar-refractivity contribution is -0.161. The van der Waals surface area contributed by atoms with Crippen molar-refractivity contribution in [2.75, 3.05) is 39.6 Å². The van der Waals surface area contributed by atoms with Gasteiger partial charge < -0.3 is 33.8 Å². The fourth-order valence-corrected chi connectivity index (χ4v) is 11.9. The molecular formula is C72H136O17P2. The molecule has 2 unspecified atom stereocenters. The molecule has 0 aliphatic carbocycles. The topological polar surface area (TPSA) is 237 Å². The number of carbonyl (C=O) groups excluding carboxylic acids is 4. The normalized spacial score (nSPS) is 14.3. The van der Waals surface area contributed by atoms with Crippen molar-refractivity contribution < 1.29 is 80.2 Å². The number of hydrogen-bond acceptors (Lipinski definition) is 15. The zero-order valence-electron chi connectivity index (χ0n) is 58.8. The summed E-state index contributed by atoms with van der Waals surface area (Å²) in [6, 6.07) is 0. The zero-order valence-corrected chi connectivity index (χ0v) is 60.6. The van der Waals surface area contributed by atoms with Crippen molar-refractivity contribution in [1.82, 2.24) is 0 Å². The highest BCUT2D eigenvalue weighted by Gasteiger charge is 2.30. The zero-order chi connectivity index (χ0) is 67.3. The van der Waals surface area contributed by atoms with Crippen LogP contribution in [0, 0.1) is 17.8 Å². The Hall–Kier alpha value is -2.46. The molecule has 0 amide bonds. The maximum absolute atomic E-state index is 13.0. The van der Waals surface area contributed by atoms with Crippen LogP contribution in [0.2, 0.25) is 0 Å². The van der Waals surface area contributed by atoms with Gasteiger partial charge in [0, 0.05) is 25.7 Å². The van der Waals surface area contributed by atoms with Gasteiger partial charge in [0.05, 0.1) is 26.4 Å². The van der Waals surface area contributed by atoms with Crippen LogP contribution >= 0.6 is 15.6 Å². The van der Waals surface area contributed by atoms with E-state index in [-0.39, 0.29) is 25.7 Å². The maximum atomic E-state index is 13.0. The van der Waals surface area contributed by atoms with E-state index in [2.05, 4.69) is 72.8 Å². The molecule has 0 aromatic rings. The highest BCUT2D eigenvalue weighted by Crippen LogP contribution is 2.45. The largest absolute Gasteiger partial charge is 0.472 e. The summed E-state index contributed by atoms with van der Waals surface area (Å²) in [5.41, 5.74) is 0. The average molecular weight is 1340 g/mol. The Morgan fingerprint density at radius 3 is 0.890 bits per heavy atom. The van der Waals surface area contributed by atoms with Crippen LogP contribution in [0.15, 0.2) is 24.3 Å². The molecule has 0 spiro atoms. The number of allylic oxidation sites excluding steroid dienone is 4. The minimum atomic E-state index is -4.96. The molecule has 0 saturated carbocycles. The van der Waals surface area contributed by atoms with Crippen LogP contribution < -0.4 is 0 Å². The Morgan fingerprint density at radius 2 is 0.593 bits per heavy atom. The van der Waals surface area contributed by atoms with Crippen LogP contribution in [-0.2, 0) is 65.4 Å². The van der Waals surface area contributed by atoms with Crippen molar-refractivity contribution in [2.24, 2.45) is 17.8 Å². The summed E-state index contributed by atoms with van der Waals surface area (Å²) in [5, 5.41) is 10.6. The van der Waals surface area contributed by atoms with Crippen LogP contribution in [0.4, 0.5) is 0 Å². The molecule has 0 fully saturated rings. The first-order valence-corrected chi connectivity index (χ1v) is 39.7. The van der Waals surface area contributed by atoms with E-state index in [0.29, 0.717) is 37.5 Å². The van der Waals surface area contributed by atoms with E-state index in [0.717, 1.165) is 121 Å². The molecule has 0 bridgehead atoms. The van der Waals surface area contributed by atoms with Crippen LogP contribution in [0.3, 0.4) is 0 Å². The molecule has 0 aromatic heterocycles. The Bertz CT molecular complexity index is 1880. The van der Waals surface area contributed by atoms with Crippen molar-refractivity contribution in [3.05, 3.63) is 24.3 Å². The fraction of sp³-hybridized carbons (Fsp3) is 0.889. The van der Waals surface area contributed by atoms with Crippen LogP contribution in [0.25, 0.3) is 0 Å². The third-order valence-electron chi connectivity index (χ3n) is 16.0. The fourth-order valence-electron chi connectivity index (χ4n) is 10.4. The number of carbonyl (C=O) groups is 4. The van der Waals surface area contributed by atoms with Gasteiger partial charge in [-0.1, -0.05) is 285 Å². The first-order valence-electron chi connectivity index (χ1n) is 36.7. The van der Waals surface area contributed by atoms with Gasteiger partial charge in [-0.2, -0.15) is 0 Å². The predicted octanol–water partition coefficient (Wildman–Crippen LogP) is 20.2. The second-order valence-electron chi connectivity index (χ2n) is 26.7. The van der Waals surface area contributed by atoms with Gasteiger partial charge in [0.2, 0.25) is 0 Å². The van der Waals surface area contributed by atoms with Crippen molar-refractivity contribution in [2.45, 2.75) is 356 Å². The van der Waals surface area contributed by atoms with E-state index in [1.807, 2.05) is 0 Å². The summed E-state index contributed by atoms with van der Waals surface area (Å²) in [6.07, 6.45) is 49.6. The van der Waals surface area contributed by atoms with E-state index >= 15 is 0 Å². The molecule has 0 aliphatic rings. The maximum Gasteiger partial charge on any atom is 0.472 e. The Labute approximate surface area is 554 Å². The van der Waals surface area contributed by atoms with Crippen LogP contribution in [-0.4, -0.2) is 96.7 Å². The predicted molar refractivity (Wildman–Crippen MR) is 367 cm³/mol. The van der Waals surface area contributed by atoms with Crippen molar-refractivity contribution >= 4 is 39.5 Å². The van der Waals surface area contributed by atoms with Gasteiger partial charge in [-0.15, -0.1) is 0 Å². The van der Waals surface area contributed by atoms with Gasteiger partial charge >= 0.3 is 39.5 Å². The third-order valence-corrected chi connectivity index (χ3v) is 17.9. The smallest absolute Gasteiger partial charge is 0.462 e. The van der Waals surface area contributed by atoms with Gasteiger partial charge in [0.1, 0.15) is 19.3 Å². The minimum absolute atomic E-state index is 0.0997. The van der Waals surface area contributed by atoms with Crippen molar-refractivity contribution in [3.8, 4) is 0 Å². The number of unbranched alkanes of at least 4 members (excludes halogenated alkanes) is 33. The molecule has 536 valence electrons. The molecule has 0 rings (SSSR count). The number of phosphoric acid groups is 2. The van der Waals surface area contributed by atoms with Crippen LogP contribution in [0.1, 0.15) is 337 Å². The molecule has 17 nitrogen and oxygen atoms in total. The molecule has 91 heavy (non-hydrogen) atoms. The van der Waals surface area contributed by atoms with Gasteiger partial charge in [-0.25, -0.2) is 9.13 Å². The molecule has 0 saturated heterocycles. The lowest BCUT2D eigenvalue weighted by Crippen LogP contribution is -2.30. The number of aliphatic hydroxyl groups is 1. The van der Waals surface area contributed by atoms with Gasteiger partial charge in [-0.3, -0.25) is 37.3 Å². The average Bonchev–Trinajstić information content (AvgIpc) is 2.89. The summed E-state index contributed by atoms with van der Waals surface area (Å²) in [4.78, 5) is 72.5. The number of hydrogen-bond donors (Lipinski definition) is 3. The number of phosphoric ester groups is 2. The Kier molecular flexibility index (Phi) is 60.7. The monoisotopic (exact) mass is 1330 g/mol. The first kappa shape index (κ1) is 88.5. The summed E-state index contributed by atoms with van der Waals surface area (Å²) >= 11 is 0. The van der Waals surface area contributed by atoms with E-state index < -0.39 is 97.5 Å². The van der Waals surface area contributed by atoms with Crippen molar-refractivity contribution in [1.29, 1.82) is 0 Å². The summed E-state index contributed by atoms with van der Waals surface area (Å²) < 4.78 is 68.3. The molecule has 5 atom stereocenters. The van der Waals surface area contributed by atoms with Crippen LogP contribution in [0.5, 0.6) is 0 Å². The second kappa shape index (κ2) is 62.4. The second-order valence-corrected chi connectivity index (χ2v) is 29.6. The highest BCUT2D eigenvalue weighted by atomic mass is 31.2. The summed E-state index contributed by atoms with van der Waals surface area (Å²) in [5.74, 6) is 0.0210. The van der Waals surface area contributed by atoms with Gasteiger partial charge in [0.15, 0.2) is 12.2 Å². The third kappa shape index (κ3) is 66.0. The van der Waals surface area contributed by atoms with Gasteiger partial charge in [-0.05, 0) is 69.1 Å². The van der Waals surface area contributed by atoms with Crippen molar-refractivity contribution in [3.63, 3.8) is 0 Å². The number of esters is 4. The van der Waals surface area contributed by atoms with E-state index in [1.165, 1.54) is 122 Å². The first-order chi connectivity index (χ1) is 43.7. The Morgan fingerprint density at radius 1 is 0.341 bits per heavy atom. The lowest BCUT2D eigenvalue weighted by Gasteiger charge is -2.21. The molecule has 19 heteroatoms. The summed E-state index contributed by atoms with van der Waals surface area (Å²) in [6.45, 7) is 11.7. The molecular weight excluding hydrogens is 1200 g/mol. The summed E-state index contributed by atoms with van der Waals surface area (Å²) in [7, 11) is -9.91. The van der Waals surface area contributed by atoms with E-state index in [1.54, 1.807) is 0 Å². The standard InChI is InChI=1S/C72H136O17P2/c1-8-9-10-11-12-13-14-15-16-19-22-25-31-39-46-53-69(74)82-59-67(88-71(76)55-48-41-32-26-23-20-17-18-21-24-29-36-43-50-63(2)3)61-86-90(78,79)84-57-66(73)58-85-91(80,81)87-62-68(60-83-70(75)54-47-40-35-34-38-45-52-65(6)7)89-72(77)56-49-42-33-28-27-30-37-44-51-64(4)5/h13-16,63-68,73H,8-12,17-62H2,1-7H3,(H,78,79)(H,80,81)/b14-13-,16-15-/t66-,67-,68-/m1/s1. The SMILES string of the molecule is CCCCCC/C=C\C=C/CCCCCCCC(=O)OC[C@H](COP(=O)(O)OC[C@@H](O)COP(=O)(O)OC[C@@H](COC(=O)CCCCCCCCC(C)C)OC(=O)CCCCCCCCCCC(C)C)OC(=O)CCCCCCCCCCCCCCCC(C)C. The van der Waals surface area contributed by atoms with E-state index in [9.17, 15) is 43.2 Å². The quantitative estimate of drug-likeness (QED) is 0.0169. The number of aliphatic hydroxyl groups excluding tert-OH is 1. The Balaban J connectivity index is 5.28. The van der Waals surface area contributed by atoms with E-state index in [4.69, 9.17) is 37.0 Å². The highest BCUT2D eigenvalue weighted by molar-refractivity contribution is 7.47. The van der Waals surface area contributed by atoms with Gasteiger partial charge in [0.25, 0.3) is 0 Å². The molecule has 0 aliphatic heterocycles. The molecule has 0 aromatic carbocycles. The molecule has 3 N–H and O–H groups in total. The number of ether oxygens (including phenoxy) is 4. The molecule has 0 heterocycles.